The van der Waals surface area contributed by atoms with Gasteiger partial charge in [-0.15, -0.1) is 22.7 Å². The van der Waals surface area contributed by atoms with Crippen LogP contribution in [0.4, 0.5) is 0 Å². The van der Waals surface area contributed by atoms with E-state index in [1.54, 1.807) is 11.3 Å². The van der Waals surface area contributed by atoms with Crippen LogP contribution in [0.5, 0.6) is 0 Å². The van der Waals surface area contributed by atoms with Crippen LogP contribution >= 0.6 is 38.6 Å². The Morgan fingerprint density at radius 2 is 2.22 bits per heavy atom. The Labute approximate surface area is 125 Å². The molecule has 0 bridgehead atoms. The van der Waals surface area contributed by atoms with Crippen molar-refractivity contribution in [2.45, 2.75) is 33.2 Å². The van der Waals surface area contributed by atoms with Gasteiger partial charge in [0.05, 0.1) is 14.5 Å². The lowest BCUT2D eigenvalue weighted by atomic mass is 10.1. The summed E-state index contributed by atoms with van der Waals surface area (Å²) < 4.78 is 1.23. The van der Waals surface area contributed by atoms with E-state index in [1.807, 2.05) is 11.3 Å². The van der Waals surface area contributed by atoms with E-state index < -0.39 is 0 Å². The van der Waals surface area contributed by atoms with Crippen LogP contribution < -0.4 is 5.32 Å². The summed E-state index contributed by atoms with van der Waals surface area (Å²) >= 11 is 7.14. The van der Waals surface area contributed by atoms with E-state index in [-0.39, 0.29) is 0 Å². The molecular weight excluding hydrogens is 328 g/mol. The fraction of sp³-hybridized carbons (Fsp3) is 0.462. The van der Waals surface area contributed by atoms with Crippen molar-refractivity contribution in [3.8, 4) is 0 Å². The summed E-state index contributed by atoms with van der Waals surface area (Å²) in [7, 11) is 0. The molecule has 1 N–H and O–H groups in total. The van der Waals surface area contributed by atoms with Crippen LogP contribution in [-0.2, 0) is 6.42 Å². The molecule has 5 heteroatoms. The number of nitrogens with zero attached hydrogens (tertiary/aromatic N) is 1. The lowest BCUT2D eigenvalue weighted by Crippen LogP contribution is -2.22. The van der Waals surface area contributed by atoms with Gasteiger partial charge in [-0.1, -0.05) is 6.92 Å². The molecule has 0 radical (unpaired) electrons. The second-order valence-electron chi connectivity index (χ2n) is 4.28. The SMILES string of the molecule is CCNC(Cc1csc(C)n1)c1cc(C)c(Br)s1. The van der Waals surface area contributed by atoms with Crippen LogP contribution in [0.3, 0.4) is 0 Å². The highest BCUT2D eigenvalue weighted by Crippen LogP contribution is 2.32. The summed E-state index contributed by atoms with van der Waals surface area (Å²) in [6.45, 7) is 7.32. The number of thiophene rings is 1. The zero-order chi connectivity index (χ0) is 13.1. The molecule has 0 saturated heterocycles. The summed E-state index contributed by atoms with van der Waals surface area (Å²) in [4.78, 5) is 5.94. The van der Waals surface area contributed by atoms with E-state index in [0.29, 0.717) is 6.04 Å². The standard InChI is InChI=1S/C13H17BrN2S2/c1-4-15-11(6-10-7-17-9(3)16-10)12-5-8(2)13(14)18-12/h5,7,11,15H,4,6H2,1-3H3. The minimum absolute atomic E-state index is 0.367. The summed E-state index contributed by atoms with van der Waals surface area (Å²) in [5.74, 6) is 0. The number of hydrogen-bond donors (Lipinski definition) is 1. The Morgan fingerprint density at radius 3 is 2.72 bits per heavy atom. The molecule has 1 unspecified atom stereocenters. The van der Waals surface area contributed by atoms with E-state index in [4.69, 9.17) is 0 Å². The first-order valence-corrected chi connectivity index (χ1v) is 8.49. The molecule has 2 heterocycles. The van der Waals surface area contributed by atoms with Gasteiger partial charge in [0.15, 0.2) is 0 Å². The molecule has 18 heavy (non-hydrogen) atoms. The monoisotopic (exact) mass is 344 g/mol. The van der Waals surface area contributed by atoms with Crippen LogP contribution in [0.15, 0.2) is 15.2 Å². The van der Waals surface area contributed by atoms with Crippen LogP contribution in [0.25, 0.3) is 0 Å². The molecule has 0 aliphatic rings. The normalized spacial score (nSPS) is 12.9. The molecule has 0 saturated carbocycles. The minimum atomic E-state index is 0.367. The summed E-state index contributed by atoms with van der Waals surface area (Å²) in [5.41, 5.74) is 2.50. The van der Waals surface area contributed by atoms with E-state index in [9.17, 15) is 0 Å². The van der Waals surface area contributed by atoms with Gasteiger partial charge in [0.25, 0.3) is 0 Å². The number of aryl methyl sites for hydroxylation is 2. The van der Waals surface area contributed by atoms with Gasteiger partial charge in [0.2, 0.25) is 0 Å². The molecule has 0 aliphatic carbocycles. The van der Waals surface area contributed by atoms with Crippen molar-refractivity contribution < 1.29 is 0 Å². The van der Waals surface area contributed by atoms with E-state index in [2.05, 4.69) is 58.4 Å². The van der Waals surface area contributed by atoms with Crippen LogP contribution in [0, 0.1) is 13.8 Å². The largest absolute Gasteiger partial charge is 0.309 e. The van der Waals surface area contributed by atoms with Crippen molar-refractivity contribution in [3.05, 3.63) is 36.4 Å². The van der Waals surface area contributed by atoms with Crippen molar-refractivity contribution in [2.75, 3.05) is 6.54 Å². The molecule has 0 aliphatic heterocycles. The zero-order valence-electron chi connectivity index (χ0n) is 10.8. The summed E-state index contributed by atoms with van der Waals surface area (Å²) in [6, 6.07) is 2.63. The number of rotatable bonds is 5. The van der Waals surface area contributed by atoms with Gasteiger partial charge in [-0.2, -0.15) is 0 Å². The maximum absolute atomic E-state index is 4.56. The Balaban J connectivity index is 2.17. The molecule has 2 nitrogen and oxygen atoms in total. The molecule has 98 valence electrons. The van der Waals surface area contributed by atoms with Crippen LogP contribution in [0.2, 0.25) is 0 Å². The van der Waals surface area contributed by atoms with Gasteiger partial charge in [0, 0.05) is 22.7 Å². The Kier molecular flexibility index (Phi) is 4.95. The third-order valence-corrected chi connectivity index (χ3v) is 5.82. The topological polar surface area (TPSA) is 24.9 Å². The van der Waals surface area contributed by atoms with Crippen molar-refractivity contribution in [2.24, 2.45) is 0 Å². The molecule has 2 rings (SSSR count). The second-order valence-corrected chi connectivity index (χ2v) is 7.74. The number of likely N-dealkylation sites (N-methyl/N-ethyl adjacent to an activating group) is 1. The summed E-state index contributed by atoms with van der Waals surface area (Å²) in [5, 5.41) is 6.86. The number of hydrogen-bond acceptors (Lipinski definition) is 4. The third kappa shape index (κ3) is 3.41. The first-order valence-electron chi connectivity index (χ1n) is 6.00. The highest BCUT2D eigenvalue weighted by atomic mass is 79.9. The van der Waals surface area contributed by atoms with Crippen LogP contribution in [-0.4, -0.2) is 11.5 Å². The van der Waals surface area contributed by atoms with E-state index in [0.717, 1.165) is 18.0 Å². The average molecular weight is 345 g/mol. The highest BCUT2D eigenvalue weighted by molar-refractivity contribution is 9.11. The fourth-order valence-corrected chi connectivity index (χ4v) is 4.16. The van der Waals surface area contributed by atoms with Crippen molar-refractivity contribution in [3.63, 3.8) is 0 Å². The quantitative estimate of drug-likeness (QED) is 0.864. The van der Waals surface area contributed by atoms with Gasteiger partial charge < -0.3 is 5.32 Å². The molecule has 2 aromatic heterocycles. The first kappa shape index (κ1) is 14.2. The second kappa shape index (κ2) is 6.28. The molecular formula is C13H17BrN2S2. The van der Waals surface area contributed by atoms with Gasteiger partial charge in [-0.25, -0.2) is 4.98 Å². The maximum atomic E-state index is 4.56. The summed E-state index contributed by atoms with van der Waals surface area (Å²) in [6.07, 6.45) is 0.963. The predicted molar refractivity (Wildman–Crippen MR) is 83.7 cm³/mol. The molecule has 2 aromatic rings. The van der Waals surface area contributed by atoms with Crippen molar-refractivity contribution in [1.29, 1.82) is 0 Å². The number of halogens is 1. The lowest BCUT2D eigenvalue weighted by molar-refractivity contribution is 0.553. The first-order chi connectivity index (χ1) is 8.60. The Hall–Kier alpha value is -0.230. The molecule has 0 amide bonds. The number of nitrogens with one attached hydrogen (secondary N) is 1. The van der Waals surface area contributed by atoms with Crippen molar-refractivity contribution in [1.82, 2.24) is 10.3 Å². The molecule has 0 aromatic carbocycles. The number of thiazole rings is 1. The van der Waals surface area contributed by atoms with E-state index in [1.165, 1.54) is 19.9 Å². The predicted octanol–water partition coefficient (Wildman–Crippen LogP) is 4.48. The molecule has 1 atom stereocenters. The highest BCUT2D eigenvalue weighted by Gasteiger charge is 2.16. The van der Waals surface area contributed by atoms with Gasteiger partial charge in [-0.05, 0) is 48.0 Å². The fourth-order valence-electron chi connectivity index (χ4n) is 1.89. The third-order valence-electron chi connectivity index (χ3n) is 2.75. The maximum Gasteiger partial charge on any atom is 0.0897 e. The molecule has 0 spiro atoms. The van der Waals surface area contributed by atoms with Crippen LogP contribution in [0.1, 0.15) is 34.1 Å². The average Bonchev–Trinajstić information content (AvgIpc) is 2.86. The molecule has 0 fully saturated rings. The van der Waals surface area contributed by atoms with Gasteiger partial charge >= 0.3 is 0 Å². The van der Waals surface area contributed by atoms with Gasteiger partial charge in [-0.3, -0.25) is 0 Å². The lowest BCUT2D eigenvalue weighted by Gasteiger charge is -2.15. The van der Waals surface area contributed by atoms with Crippen molar-refractivity contribution >= 4 is 38.6 Å². The van der Waals surface area contributed by atoms with E-state index >= 15 is 0 Å². The zero-order valence-corrected chi connectivity index (χ0v) is 14.0. The Bertz CT molecular complexity index is 499. The Morgan fingerprint density at radius 1 is 1.44 bits per heavy atom. The number of aromatic nitrogens is 1. The minimum Gasteiger partial charge on any atom is -0.309 e. The van der Waals surface area contributed by atoms with Gasteiger partial charge in [0.1, 0.15) is 0 Å². The smallest absolute Gasteiger partial charge is 0.0897 e.